The minimum absolute atomic E-state index is 0.191. The molecule has 142 valence electrons. The van der Waals surface area contributed by atoms with Crippen LogP contribution in [0.5, 0.6) is 11.5 Å². The van der Waals surface area contributed by atoms with Crippen LogP contribution in [0.4, 0.5) is 4.79 Å². The number of ether oxygens (including phenoxy) is 2. The largest absolute Gasteiger partial charge is 0.497 e. The van der Waals surface area contributed by atoms with Gasteiger partial charge in [-0.25, -0.2) is 4.79 Å². The molecule has 1 saturated heterocycles. The van der Waals surface area contributed by atoms with E-state index in [1.807, 2.05) is 50.2 Å². The highest BCUT2D eigenvalue weighted by Gasteiger charge is 2.51. The first-order valence-corrected chi connectivity index (χ1v) is 8.98. The van der Waals surface area contributed by atoms with E-state index < -0.39 is 11.6 Å². The molecule has 0 aromatic heterocycles. The molecule has 2 aromatic carbocycles. The summed E-state index contributed by atoms with van der Waals surface area (Å²) in [7, 11) is 1.59. The van der Waals surface area contributed by atoms with E-state index in [0.717, 1.165) is 11.1 Å². The van der Waals surface area contributed by atoms with Crippen LogP contribution in [0, 0.1) is 6.92 Å². The minimum Gasteiger partial charge on any atom is -0.497 e. The standard InChI is InChI=1S/C21H24N2O4/c1-4-21(16-7-11-17(26-3)12-8-16)19(24)23(20(25)22-21)13-14-27-18-9-5-15(2)6-10-18/h5-12H,4,13-14H2,1-3H3,(H,22,25)/t21-/m0/s1. The molecule has 0 bridgehead atoms. The first-order valence-electron chi connectivity index (χ1n) is 8.98. The molecule has 2 aromatic rings. The lowest BCUT2D eigenvalue weighted by molar-refractivity contribution is -0.132. The molecule has 1 N–H and O–H groups in total. The minimum atomic E-state index is -1.05. The molecule has 3 amide bonds. The molecule has 3 rings (SSSR count). The van der Waals surface area contributed by atoms with Crippen molar-refractivity contribution in [3.8, 4) is 11.5 Å². The van der Waals surface area contributed by atoms with Gasteiger partial charge in [-0.1, -0.05) is 36.8 Å². The van der Waals surface area contributed by atoms with Gasteiger partial charge in [-0.15, -0.1) is 0 Å². The second-order valence-corrected chi connectivity index (χ2v) is 6.54. The SMILES string of the molecule is CC[C@@]1(c2ccc(OC)cc2)NC(=O)N(CCOc2ccc(C)cc2)C1=O. The number of aryl methyl sites for hydroxylation is 1. The van der Waals surface area contributed by atoms with Crippen molar-refractivity contribution < 1.29 is 19.1 Å². The van der Waals surface area contributed by atoms with Gasteiger partial charge in [0.05, 0.1) is 13.7 Å². The fraction of sp³-hybridized carbons (Fsp3) is 0.333. The first kappa shape index (κ1) is 18.8. The predicted molar refractivity (Wildman–Crippen MR) is 102 cm³/mol. The summed E-state index contributed by atoms with van der Waals surface area (Å²) >= 11 is 0. The van der Waals surface area contributed by atoms with E-state index in [-0.39, 0.29) is 19.1 Å². The molecule has 6 nitrogen and oxygen atoms in total. The highest BCUT2D eigenvalue weighted by molar-refractivity contribution is 6.07. The number of benzene rings is 2. The summed E-state index contributed by atoms with van der Waals surface area (Å²) in [5.41, 5.74) is 0.836. The number of rotatable bonds is 7. The lowest BCUT2D eigenvalue weighted by Crippen LogP contribution is -2.43. The number of carbonyl (C=O) groups is 2. The highest BCUT2D eigenvalue weighted by atomic mass is 16.5. The van der Waals surface area contributed by atoms with Crippen molar-refractivity contribution in [2.75, 3.05) is 20.3 Å². The number of nitrogens with zero attached hydrogens (tertiary/aromatic N) is 1. The van der Waals surface area contributed by atoms with Gasteiger partial charge in [0.2, 0.25) is 0 Å². The van der Waals surface area contributed by atoms with Crippen LogP contribution in [0.25, 0.3) is 0 Å². The van der Waals surface area contributed by atoms with E-state index in [1.54, 1.807) is 19.2 Å². The third kappa shape index (κ3) is 3.60. The molecule has 1 fully saturated rings. The number of carbonyl (C=O) groups excluding carboxylic acids is 2. The van der Waals surface area contributed by atoms with Crippen LogP contribution in [0.3, 0.4) is 0 Å². The van der Waals surface area contributed by atoms with E-state index in [0.29, 0.717) is 17.9 Å². The zero-order valence-corrected chi connectivity index (χ0v) is 15.8. The van der Waals surface area contributed by atoms with Crippen molar-refractivity contribution in [1.29, 1.82) is 0 Å². The normalized spacial score (nSPS) is 19.1. The van der Waals surface area contributed by atoms with Gasteiger partial charge >= 0.3 is 6.03 Å². The van der Waals surface area contributed by atoms with Crippen molar-refractivity contribution in [3.63, 3.8) is 0 Å². The molecular weight excluding hydrogens is 344 g/mol. The summed E-state index contributed by atoms with van der Waals surface area (Å²) < 4.78 is 10.8. The summed E-state index contributed by atoms with van der Waals surface area (Å²) in [6.45, 7) is 4.32. The van der Waals surface area contributed by atoms with Crippen LogP contribution in [-0.4, -0.2) is 37.1 Å². The van der Waals surface area contributed by atoms with E-state index in [1.165, 1.54) is 4.90 Å². The van der Waals surface area contributed by atoms with Gasteiger partial charge < -0.3 is 14.8 Å². The smallest absolute Gasteiger partial charge is 0.325 e. The molecule has 0 unspecified atom stereocenters. The number of amides is 3. The van der Waals surface area contributed by atoms with E-state index >= 15 is 0 Å². The molecule has 6 heteroatoms. The molecule has 0 aliphatic carbocycles. The molecular formula is C21H24N2O4. The van der Waals surface area contributed by atoms with E-state index in [4.69, 9.17) is 9.47 Å². The zero-order chi connectivity index (χ0) is 19.4. The van der Waals surface area contributed by atoms with Crippen molar-refractivity contribution in [2.24, 2.45) is 0 Å². The third-order valence-corrected chi connectivity index (χ3v) is 4.89. The Hall–Kier alpha value is -3.02. The van der Waals surface area contributed by atoms with Gasteiger partial charge in [0.25, 0.3) is 5.91 Å². The van der Waals surface area contributed by atoms with Crippen LogP contribution >= 0.6 is 0 Å². The second kappa shape index (κ2) is 7.70. The van der Waals surface area contributed by atoms with Crippen LogP contribution in [0.15, 0.2) is 48.5 Å². The van der Waals surface area contributed by atoms with Gasteiger partial charge in [0, 0.05) is 0 Å². The topological polar surface area (TPSA) is 67.9 Å². The summed E-state index contributed by atoms with van der Waals surface area (Å²) in [5, 5.41) is 2.87. The van der Waals surface area contributed by atoms with Crippen molar-refractivity contribution in [3.05, 3.63) is 59.7 Å². The second-order valence-electron chi connectivity index (χ2n) is 6.54. The number of urea groups is 1. The summed E-state index contributed by atoms with van der Waals surface area (Å²) in [6, 6.07) is 14.4. The van der Waals surface area contributed by atoms with Crippen LogP contribution in [0.2, 0.25) is 0 Å². The molecule has 1 aliphatic rings. The lowest BCUT2D eigenvalue weighted by atomic mass is 9.87. The van der Waals surface area contributed by atoms with Crippen molar-refractivity contribution >= 4 is 11.9 Å². The predicted octanol–water partition coefficient (Wildman–Crippen LogP) is 3.24. The third-order valence-electron chi connectivity index (χ3n) is 4.89. The van der Waals surface area contributed by atoms with Gasteiger partial charge in [-0.3, -0.25) is 9.69 Å². The van der Waals surface area contributed by atoms with Gasteiger partial charge in [0.1, 0.15) is 23.6 Å². The van der Waals surface area contributed by atoms with Gasteiger partial charge in [0.15, 0.2) is 0 Å². The fourth-order valence-corrected chi connectivity index (χ4v) is 3.23. The quantitative estimate of drug-likeness (QED) is 0.762. The number of hydrogen-bond donors (Lipinski definition) is 1. The summed E-state index contributed by atoms with van der Waals surface area (Å²) in [5.74, 6) is 1.15. The van der Waals surface area contributed by atoms with Crippen molar-refractivity contribution in [1.82, 2.24) is 10.2 Å². The van der Waals surface area contributed by atoms with Crippen LogP contribution in [0.1, 0.15) is 24.5 Å². The number of nitrogens with one attached hydrogen (secondary N) is 1. The molecule has 1 aliphatic heterocycles. The van der Waals surface area contributed by atoms with E-state index in [9.17, 15) is 9.59 Å². The number of methoxy groups -OCH3 is 1. The Morgan fingerprint density at radius 2 is 1.63 bits per heavy atom. The average Bonchev–Trinajstić information content (AvgIpc) is 2.94. The Morgan fingerprint density at radius 3 is 2.22 bits per heavy atom. The number of hydrogen-bond acceptors (Lipinski definition) is 4. The summed E-state index contributed by atoms with van der Waals surface area (Å²) in [6.07, 6.45) is 0.458. The van der Waals surface area contributed by atoms with E-state index in [2.05, 4.69) is 5.32 Å². The van der Waals surface area contributed by atoms with Crippen LogP contribution < -0.4 is 14.8 Å². The Balaban J connectivity index is 1.71. The maximum absolute atomic E-state index is 13.1. The Kier molecular flexibility index (Phi) is 5.35. The summed E-state index contributed by atoms with van der Waals surface area (Å²) in [4.78, 5) is 26.7. The molecule has 0 saturated carbocycles. The van der Waals surface area contributed by atoms with Gasteiger partial charge in [-0.2, -0.15) is 0 Å². The zero-order valence-electron chi connectivity index (χ0n) is 15.8. The Labute approximate surface area is 159 Å². The van der Waals surface area contributed by atoms with Gasteiger partial charge in [-0.05, 0) is 43.2 Å². The molecule has 27 heavy (non-hydrogen) atoms. The molecule has 0 radical (unpaired) electrons. The van der Waals surface area contributed by atoms with Crippen LogP contribution in [-0.2, 0) is 10.3 Å². The first-order chi connectivity index (χ1) is 13.0. The average molecular weight is 368 g/mol. The molecule has 0 spiro atoms. The Bertz CT molecular complexity index is 817. The highest BCUT2D eigenvalue weighted by Crippen LogP contribution is 2.33. The molecule has 1 heterocycles. The monoisotopic (exact) mass is 368 g/mol. The maximum Gasteiger partial charge on any atom is 0.325 e. The lowest BCUT2D eigenvalue weighted by Gasteiger charge is -2.26. The Morgan fingerprint density at radius 1 is 1.00 bits per heavy atom. The molecule has 1 atom stereocenters. The fourth-order valence-electron chi connectivity index (χ4n) is 3.23. The van der Waals surface area contributed by atoms with Crippen molar-refractivity contribution in [2.45, 2.75) is 25.8 Å². The number of imide groups is 1. The maximum atomic E-state index is 13.1.